The van der Waals surface area contributed by atoms with Crippen LogP contribution in [-0.2, 0) is 11.3 Å². The summed E-state index contributed by atoms with van der Waals surface area (Å²) in [6.07, 6.45) is 0. The number of nitrogens with zero attached hydrogens (tertiary/aromatic N) is 3. The third-order valence-electron chi connectivity index (χ3n) is 4.55. The van der Waals surface area contributed by atoms with Gasteiger partial charge in [-0.3, -0.25) is 9.59 Å². The van der Waals surface area contributed by atoms with E-state index in [9.17, 15) is 9.59 Å². The Kier molecular flexibility index (Phi) is 6.26. The highest BCUT2D eigenvalue weighted by molar-refractivity contribution is 7.13. The van der Waals surface area contributed by atoms with Gasteiger partial charge in [0, 0.05) is 30.5 Å². The zero-order valence-electron chi connectivity index (χ0n) is 16.3. The SMILES string of the molecule is CCN(CC)c1ccc(NC(=O)Cn2nc(-c3cccs3)ccc2=O)c(C)c1. The number of hydrogen-bond acceptors (Lipinski definition) is 5. The summed E-state index contributed by atoms with van der Waals surface area (Å²) in [5.74, 6) is -0.281. The number of aryl methyl sites for hydroxylation is 1. The van der Waals surface area contributed by atoms with Gasteiger partial charge >= 0.3 is 0 Å². The van der Waals surface area contributed by atoms with Gasteiger partial charge in [-0.1, -0.05) is 6.07 Å². The maximum atomic E-state index is 12.5. The van der Waals surface area contributed by atoms with E-state index in [-0.39, 0.29) is 18.0 Å². The lowest BCUT2D eigenvalue weighted by atomic mass is 10.1. The van der Waals surface area contributed by atoms with Crippen LogP contribution in [0.5, 0.6) is 0 Å². The van der Waals surface area contributed by atoms with E-state index in [2.05, 4.69) is 35.2 Å². The zero-order valence-corrected chi connectivity index (χ0v) is 17.1. The Balaban J connectivity index is 1.74. The molecule has 7 heteroatoms. The summed E-state index contributed by atoms with van der Waals surface area (Å²) >= 11 is 1.54. The van der Waals surface area contributed by atoms with E-state index in [0.717, 1.165) is 34.9 Å². The van der Waals surface area contributed by atoms with E-state index in [0.29, 0.717) is 5.69 Å². The summed E-state index contributed by atoms with van der Waals surface area (Å²) in [6.45, 7) is 7.92. The number of thiophene rings is 1. The molecule has 0 radical (unpaired) electrons. The van der Waals surface area contributed by atoms with E-state index in [1.54, 1.807) is 6.07 Å². The molecule has 1 aromatic carbocycles. The van der Waals surface area contributed by atoms with Gasteiger partial charge in [-0.05, 0) is 62.0 Å². The van der Waals surface area contributed by atoms with Gasteiger partial charge in [0.05, 0.1) is 4.88 Å². The van der Waals surface area contributed by atoms with Crippen molar-refractivity contribution >= 4 is 28.6 Å². The van der Waals surface area contributed by atoms with Crippen LogP contribution in [0.25, 0.3) is 10.6 Å². The monoisotopic (exact) mass is 396 g/mol. The molecule has 1 amide bonds. The summed E-state index contributed by atoms with van der Waals surface area (Å²) in [5.41, 5.74) is 3.22. The number of hydrogen-bond donors (Lipinski definition) is 1. The number of nitrogens with one attached hydrogen (secondary N) is 1. The molecule has 0 atom stereocenters. The van der Waals surface area contributed by atoms with Gasteiger partial charge in [0.1, 0.15) is 12.2 Å². The molecule has 0 bridgehead atoms. The number of rotatable bonds is 7. The molecule has 3 aromatic rings. The molecule has 28 heavy (non-hydrogen) atoms. The quantitative estimate of drug-likeness (QED) is 0.660. The fraction of sp³-hybridized carbons (Fsp3) is 0.286. The standard InChI is InChI=1S/C21H24N4O2S/c1-4-24(5-2)16-8-9-17(15(3)13-16)22-20(26)14-25-21(27)11-10-18(23-25)19-7-6-12-28-19/h6-13H,4-5,14H2,1-3H3,(H,22,26). The molecule has 0 saturated heterocycles. The largest absolute Gasteiger partial charge is 0.372 e. The van der Waals surface area contributed by atoms with Crippen molar-refractivity contribution in [3.63, 3.8) is 0 Å². The molecule has 1 N–H and O–H groups in total. The topological polar surface area (TPSA) is 67.2 Å². The van der Waals surface area contributed by atoms with E-state index in [1.165, 1.54) is 22.1 Å². The molecule has 2 heterocycles. The molecule has 0 aliphatic heterocycles. The van der Waals surface area contributed by atoms with Crippen molar-refractivity contribution in [3.05, 3.63) is 63.8 Å². The normalized spacial score (nSPS) is 10.7. The second kappa shape index (κ2) is 8.84. The third-order valence-corrected chi connectivity index (χ3v) is 5.44. The summed E-state index contributed by atoms with van der Waals surface area (Å²) in [4.78, 5) is 27.8. The van der Waals surface area contributed by atoms with Crippen LogP contribution < -0.4 is 15.8 Å². The number of carbonyl (C=O) groups excluding carboxylic acids is 1. The van der Waals surface area contributed by atoms with Gasteiger partial charge in [0.15, 0.2) is 0 Å². The molecule has 146 valence electrons. The van der Waals surface area contributed by atoms with Crippen molar-refractivity contribution in [1.82, 2.24) is 9.78 Å². The second-order valence-corrected chi connectivity index (χ2v) is 7.36. The highest BCUT2D eigenvalue weighted by Crippen LogP contribution is 2.23. The minimum absolute atomic E-state index is 0.130. The first-order valence-electron chi connectivity index (χ1n) is 9.29. The minimum atomic E-state index is -0.302. The van der Waals surface area contributed by atoms with Crippen LogP contribution in [-0.4, -0.2) is 28.8 Å². The van der Waals surface area contributed by atoms with Crippen molar-refractivity contribution in [2.75, 3.05) is 23.3 Å². The van der Waals surface area contributed by atoms with Crippen molar-refractivity contribution in [3.8, 4) is 10.6 Å². The Bertz CT molecular complexity index is 1010. The van der Waals surface area contributed by atoms with Crippen LogP contribution in [0.1, 0.15) is 19.4 Å². The van der Waals surface area contributed by atoms with Gasteiger partial charge in [0.25, 0.3) is 5.56 Å². The maximum Gasteiger partial charge on any atom is 0.267 e. The first-order chi connectivity index (χ1) is 13.5. The van der Waals surface area contributed by atoms with Crippen LogP contribution in [0.3, 0.4) is 0 Å². The van der Waals surface area contributed by atoms with Gasteiger partial charge < -0.3 is 10.2 Å². The van der Waals surface area contributed by atoms with Gasteiger partial charge in [0.2, 0.25) is 5.91 Å². The average molecular weight is 397 g/mol. The lowest BCUT2D eigenvalue weighted by molar-refractivity contribution is -0.117. The van der Waals surface area contributed by atoms with Gasteiger partial charge in [-0.25, -0.2) is 4.68 Å². The highest BCUT2D eigenvalue weighted by Gasteiger charge is 2.11. The summed E-state index contributed by atoms with van der Waals surface area (Å²) < 4.78 is 1.20. The van der Waals surface area contributed by atoms with Gasteiger partial charge in [-0.15, -0.1) is 11.3 Å². The lowest BCUT2D eigenvalue weighted by Gasteiger charge is -2.22. The maximum absolute atomic E-state index is 12.5. The van der Waals surface area contributed by atoms with Crippen molar-refractivity contribution in [2.45, 2.75) is 27.3 Å². The first kappa shape index (κ1) is 19.8. The Morgan fingerprint density at radius 3 is 2.61 bits per heavy atom. The van der Waals surface area contributed by atoms with E-state index >= 15 is 0 Å². The van der Waals surface area contributed by atoms with Crippen LogP contribution in [0.4, 0.5) is 11.4 Å². The van der Waals surface area contributed by atoms with Gasteiger partial charge in [-0.2, -0.15) is 5.10 Å². The molecule has 0 spiro atoms. The van der Waals surface area contributed by atoms with Crippen LogP contribution in [0.2, 0.25) is 0 Å². The van der Waals surface area contributed by atoms with Crippen molar-refractivity contribution in [1.29, 1.82) is 0 Å². The highest BCUT2D eigenvalue weighted by atomic mass is 32.1. The molecule has 6 nitrogen and oxygen atoms in total. The second-order valence-electron chi connectivity index (χ2n) is 6.41. The molecule has 0 saturated carbocycles. The first-order valence-corrected chi connectivity index (χ1v) is 10.2. The third kappa shape index (κ3) is 4.48. The molecular formula is C21H24N4O2S. The minimum Gasteiger partial charge on any atom is -0.372 e. The van der Waals surface area contributed by atoms with Crippen LogP contribution >= 0.6 is 11.3 Å². The Morgan fingerprint density at radius 2 is 1.96 bits per heavy atom. The molecule has 2 aromatic heterocycles. The summed E-state index contributed by atoms with van der Waals surface area (Å²) in [5, 5.41) is 9.16. The molecule has 0 unspecified atom stereocenters. The fourth-order valence-corrected chi connectivity index (χ4v) is 3.71. The summed E-state index contributed by atoms with van der Waals surface area (Å²) in [6, 6.07) is 12.9. The number of anilines is 2. The predicted octanol–water partition coefficient (Wildman–Crippen LogP) is 3.77. The lowest BCUT2D eigenvalue weighted by Crippen LogP contribution is -2.29. The van der Waals surface area contributed by atoms with Crippen LogP contribution in [0, 0.1) is 6.92 Å². The molecule has 0 aliphatic carbocycles. The number of carbonyl (C=O) groups is 1. The predicted molar refractivity (Wildman–Crippen MR) is 115 cm³/mol. The Hall–Kier alpha value is -2.93. The molecule has 0 aliphatic rings. The zero-order chi connectivity index (χ0) is 20.1. The van der Waals surface area contributed by atoms with E-state index < -0.39 is 0 Å². The van der Waals surface area contributed by atoms with Crippen molar-refractivity contribution in [2.24, 2.45) is 0 Å². The fourth-order valence-electron chi connectivity index (χ4n) is 3.02. The number of aromatic nitrogens is 2. The average Bonchev–Trinajstić information content (AvgIpc) is 3.21. The smallest absolute Gasteiger partial charge is 0.267 e. The van der Waals surface area contributed by atoms with Crippen LogP contribution in [0.15, 0.2) is 52.6 Å². The molecular weight excluding hydrogens is 372 g/mol. The van der Waals surface area contributed by atoms with E-state index in [4.69, 9.17) is 0 Å². The van der Waals surface area contributed by atoms with Crippen molar-refractivity contribution < 1.29 is 4.79 Å². The summed E-state index contributed by atoms with van der Waals surface area (Å²) in [7, 11) is 0. The molecule has 3 rings (SSSR count). The Morgan fingerprint density at radius 1 is 1.18 bits per heavy atom. The number of amides is 1. The Labute approximate surface area is 168 Å². The number of benzene rings is 1. The molecule has 0 fully saturated rings. The van der Waals surface area contributed by atoms with E-state index in [1.807, 2.05) is 36.6 Å².